The van der Waals surface area contributed by atoms with Crippen LogP contribution in [0.2, 0.25) is 0 Å². The average molecular weight is 189 g/mol. The normalized spacial score (nSPS) is 11.8. The second kappa shape index (κ2) is 4.56. The van der Waals surface area contributed by atoms with Gasteiger partial charge in [-0.1, -0.05) is 33.1 Å². The van der Waals surface area contributed by atoms with Crippen LogP contribution in [0.15, 0.2) is 31.1 Å². The lowest BCUT2D eigenvalue weighted by Crippen LogP contribution is -1.98. The molecule has 1 rings (SSSR count). The summed E-state index contributed by atoms with van der Waals surface area (Å²) in [6.07, 6.45) is 6.93. The summed E-state index contributed by atoms with van der Waals surface area (Å²) in [6, 6.07) is 0. The first-order valence-electron chi connectivity index (χ1n) is 4.55. The van der Waals surface area contributed by atoms with Gasteiger partial charge in [-0.2, -0.15) is 5.10 Å². The van der Waals surface area contributed by atoms with Crippen molar-refractivity contribution in [3.63, 3.8) is 0 Å². The fraction of sp³-hybridized carbons (Fsp3) is 0.273. The Morgan fingerprint density at radius 1 is 1.50 bits per heavy atom. The SMILES string of the molecule is C=C/C(=C\n1ncnc1C=C)C(C)C. The minimum absolute atomic E-state index is 0.425. The lowest BCUT2D eigenvalue weighted by molar-refractivity contribution is 0.784. The van der Waals surface area contributed by atoms with E-state index >= 15 is 0 Å². The van der Waals surface area contributed by atoms with Gasteiger partial charge in [0.05, 0.1) is 0 Å². The van der Waals surface area contributed by atoms with E-state index in [1.807, 2.05) is 12.3 Å². The van der Waals surface area contributed by atoms with Crippen molar-refractivity contribution in [3.8, 4) is 0 Å². The van der Waals surface area contributed by atoms with Crippen molar-refractivity contribution < 1.29 is 0 Å². The van der Waals surface area contributed by atoms with Crippen molar-refractivity contribution in [2.75, 3.05) is 0 Å². The smallest absolute Gasteiger partial charge is 0.154 e. The zero-order chi connectivity index (χ0) is 10.6. The van der Waals surface area contributed by atoms with E-state index in [4.69, 9.17) is 0 Å². The third kappa shape index (κ3) is 2.19. The fourth-order valence-corrected chi connectivity index (χ4v) is 1.08. The second-order valence-corrected chi connectivity index (χ2v) is 3.25. The van der Waals surface area contributed by atoms with E-state index in [1.165, 1.54) is 6.33 Å². The summed E-state index contributed by atoms with van der Waals surface area (Å²) in [6.45, 7) is 11.6. The van der Waals surface area contributed by atoms with Crippen molar-refractivity contribution in [2.45, 2.75) is 13.8 Å². The maximum absolute atomic E-state index is 4.07. The number of rotatable bonds is 4. The summed E-state index contributed by atoms with van der Waals surface area (Å²) in [4.78, 5) is 4.04. The average Bonchev–Trinajstić information content (AvgIpc) is 2.60. The summed E-state index contributed by atoms with van der Waals surface area (Å²) < 4.78 is 1.70. The van der Waals surface area contributed by atoms with Crippen LogP contribution in [-0.4, -0.2) is 14.8 Å². The molecule has 0 saturated carbocycles. The molecule has 0 aromatic carbocycles. The van der Waals surface area contributed by atoms with Crippen LogP contribution in [0, 0.1) is 5.92 Å². The molecule has 3 nitrogen and oxygen atoms in total. The van der Waals surface area contributed by atoms with Crippen LogP contribution in [0.25, 0.3) is 12.3 Å². The lowest BCUT2D eigenvalue weighted by atomic mass is 10.1. The molecule has 0 aliphatic rings. The number of hydrogen-bond donors (Lipinski definition) is 0. The molecule has 0 spiro atoms. The topological polar surface area (TPSA) is 30.7 Å². The third-order valence-corrected chi connectivity index (χ3v) is 1.96. The maximum Gasteiger partial charge on any atom is 0.154 e. The van der Waals surface area contributed by atoms with Crippen molar-refractivity contribution in [3.05, 3.63) is 37.0 Å². The second-order valence-electron chi connectivity index (χ2n) is 3.25. The van der Waals surface area contributed by atoms with Crippen molar-refractivity contribution in [1.29, 1.82) is 0 Å². The molecule has 0 bridgehead atoms. The third-order valence-electron chi connectivity index (χ3n) is 1.96. The van der Waals surface area contributed by atoms with E-state index in [9.17, 15) is 0 Å². The maximum atomic E-state index is 4.07. The van der Waals surface area contributed by atoms with Gasteiger partial charge in [0, 0.05) is 6.20 Å². The van der Waals surface area contributed by atoms with Gasteiger partial charge in [0.25, 0.3) is 0 Å². The van der Waals surface area contributed by atoms with E-state index in [-0.39, 0.29) is 0 Å². The van der Waals surface area contributed by atoms with Crippen molar-refractivity contribution in [1.82, 2.24) is 14.8 Å². The summed E-state index contributed by atoms with van der Waals surface area (Å²) in [5.74, 6) is 1.17. The largest absolute Gasteiger partial charge is 0.221 e. The number of aromatic nitrogens is 3. The molecule has 1 aromatic rings. The first-order valence-corrected chi connectivity index (χ1v) is 4.55. The van der Waals surface area contributed by atoms with Crippen LogP contribution in [0.5, 0.6) is 0 Å². The van der Waals surface area contributed by atoms with Crippen molar-refractivity contribution in [2.24, 2.45) is 5.92 Å². The van der Waals surface area contributed by atoms with Crippen LogP contribution >= 0.6 is 0 Å². The first kappa shape index (κ1) is 10.4. The zero-order valence-corrected chi connectivity index (χ0v) is 8.64. The molecule has 0 atom stereocenters. The minimum atomic E-state index is 0.425. The molecule has 1 heterocycles. The van der Waals surface area contributed by atoms with Gasteiger partial charge < -0.3 is 0 Å². The highest BCUT2D eigenvalue weighted by atomic mass is 15.3. The monoisotopic (exact) mass is 189 g/mol. The Labute approximate surface area is 84.5 Å². The van der Waals surface area contributed by atoms with E-state index in [0.29, 0.717) is 5.92 Å². The van der Waals surface area contributed by atoms with Crippen LogP contribution < -0.4 is 0 Å². The fourth-order valence-electron chi connectivity index (χ4n) is 1.08. The van der Waals surface area contributed by atoms with E-state index in [1.54, 1.807) is 10.8 Å². The van der Waals surface area contributed by atoms with Gasteiger partial charge in [-0.25, -0.2) is 9.67 Å². The molecule has 0 saturated heterocycles. The van der Waals surface area contributed by atoms with Gasteiger partial charge in [0.15, 0.2) is 5.82 Å². The van der Waals surface area contributed by atoms with Gasteiger partial charge in [-0.15, -0.1) is 0 Å². The Balaban J connectivity index is 3.05. The van der Waals surface area contributed by atoms with Crippen LogP contribution in [0.4, 0.5) is 0 Å². The Morgan fingerprint density at radius 2 is 2.21 bits per heavy atom. The summed E-state index contributed by atoms with van der Waals surface area (Å²) in [5, 5.41) is 4.07. The Bertz CT molecular complexity index is 358. The Kier molecular flexibility index (Phi) is 3.40. The van der Waals surface area contributed by atoms with Gasteiger partial charge >= 0.3 is 0 Å². The molecule has 14 heavy (non-hydrogen) atoms. The van der Waals surface area contributed by atoms with E-state index in [0.717, 1.165) is 11.4 Å². The molecule has 0 radical (unpaired) electrons. The number of nitrogens with zero attached hydrogens (tertiary/aromatic N) is 3. The molecule has 0 fully saturated rings. The highest BCUT2D eigenvalue weighted by molar-refractivity contribution is 5.45. The number of hydrogen-bond acceptors (Lipinski definition) is 2. The minimum Gasteiger partial charge on any atom is -0.221 e. The van der Waals surface area contributed by atoms with Gasteiger partial charge in [-0.3, -0.25) is 0 Å². The first-order chi connectivity index (χ1) is 6.69. The van der Waals surface area contributed by atoms with Crippen LogP contribution in [0.3, 0.4) is 0 Å². The molecule has 0 unspecified atom stereocenters. The standard InChI is InChI=1S/C11H15N3/c1-5-10(9(3)4)7-14-11(6-2)12-8-13-14/h5-9H,1-2H2,3-4H3/b10-7+. The lowest BCUT2D eigenvalue weighted by Gasteiger charge is -2.05. The molecule has 1 aromatic heterocycles. The van der Waals surface area contributed by atoms with Crippen LogP contribution in [-0.2, 0) is 0 Å². The molecule has 0 aliphatic heterocycles. The van der Waals surface area contributed by atoms with Crippen molar-refractivity contribution >= 4 is 12.3 Å². The molecule has 0 aliphatic carbocycles. The number of allylic oxidation sites excluding steroid dienone is 2. The highest BCUT2D eigenvalue weighted by Crippen LogP contribution is 2.12. The molecule has 74 valence electrons. The quantitative estimate of drug-likeness (QED) is 0.681. The summed E-state index contributed by atoms with van der Waals surface area (Å²) >= 11 is 0. The van der Waals surface area contributed by atoms with Gasteiger partial charge in [-0.05, 0) is 17.6 Å². The van der Waals surface area contributed by atoms with Gasteiger partial charge in [0.2, 0.25) is 0 Å². The Morgan fingerprint density at radius 3 is 2.71 bits per heavy atom. The molecule has 0 N–H and O–H groups in total. The predicted octanol–water partition coefficient (Wildman–Crippen LogP) is 2.60. The van der Waals surface area contributed by atoms with E-state index in [2.05, 4.69) is 37.1 Å². The van der Waals surface area contributed by atoms with Gasteiger partial charge in [0.1, 0.15) is 6.33 Å². The summed E-state index contributed by atoms with van der Waals surface area (Å²) in [7, 11) is 0. The molecule has 3 heteroatoms. The highest BCUT2D eigenvalue weighted by Gasteiger charge is 2.01. The predicted molar refractivity (Wildman–Crippen MR) is 59.4 cm³/mol. The Hall–Kier alpha value is -1.64. The molecule has 0 amide bonds. The van der Waals surface area contributed by atoms with E-state index < -0.39 is 0 Å². The summed E-state index contributed by atoms with van der Waals surface area (Å²) in [5.41, 5.74) is 1.12. The zero-order valence-electron chi connectivity index (χ0n) is 8.64. The van der Waals surface area contributed by atoms with Crippen LogP contribution in [0.1, 0.15) is 19.7 Å². The molecular formula is C11H15N3. The molecular weight excluding hydrogens is 174 g/mol.